The zero-order chi connectivity index (χ0) is 19.4. The van der Waals surface area contributed by atoms with E-state index in [2.05, 4.69) is 33.0 Å². The third-order valence-corrected chi connectivity index (χ3v) is 5.64. The minimum atomic E-state index is -0.705. The van der Waals surface area contributed by atoms with Gasteiger partial charge in [-0.15, -0.1) is 0 Å². The molecule has 1 heterocycles. The second-order valence-corrected chi connectivity index (χ2v) is 7.60. The normalized spacial score (nSPS) is 16.7. The van der Waals surface area contributed by atoms with Gasteiger partial charge < -0.3 is 14.6 Å². The highest BCUT2D eigenvalue weighted by Gasteiger charge is 2.33. The fraction of sp³-hybridized carbons (Fsp3) is 0.381. The molecule has 0 spiro atoms. The van der Waals surface area contributed by atoms with Gasteiger partial charge in [-0.05, 0) is 55.8 Å². The number of halogens is 1. The molecule has 0 amide bonds. The third kappa shape index (κ3) is 4.28. The Kier molecular flexibility index (Phi) is 6.39. The molecule has 1 N–H and O–H groups in total. The maximum Gasteiger partial charge on any atom is 0.306 e. The second-order valence-electron chi connectivity index (χ2n) is 6.68. The molecule has 6 heteroatoms. The molecule has 1 unspecified atom stereocenters. The Bertz CT molecular complexity index is 780. The third-order valence-electron chi connectivity index (χ3n) is 5.15. The van der Waals surface area contributed by atoms with Gasteiger partial charge in [0.25, 0.3) is 0 Å². The van der Waals surface area contributed by atoms with Crippen LogP contribution >= 0.6 is 15.9 Å². The van der Waals surface area contributed by atoms with Crippen molar-refractivity contribution in [3.8, 4) is 11.5 Å². The van der Waals surface area contributed by atoms with Crippen molar-refractivity contribution < 1.29 is 19.4 Å². The molecule has 0 bridgehead atoms. The lowest BCUT2D eigenvalue weighted by Gasteiger charge is -2.38. The van der Waals surface area contributed by atoms with Crippen LogP contribution in [0, 0.1) is 5.92 Å². The molecule has 1 aliphatic rings. The molecule has 3 rings (SSSR count). The quantitative estimate of drug-likeness (QED) is 0.733. The second kappa shape index (κ2) is 8.76. The van der Waals surface area contributed by atoms with E-state index in [0.717, 1.165) is 27.1 Å². The summed E-state index contributed by atoms with van der Waals surface area (Å²) in [5, 5.41) is 9.33. The highest BCUT2D eigenvalue weighted by atomic mass is 79.9. The number of piperidine rings is 1. The van der Waals surface area contributed by atoms with Gasteiger partial charge >= 0.3 is 5.97 Å². The summed E-state index contributed by atoms with van der Waals surface area (Å²) >= 11 is 3.57. The van der Waals surface area contributed by atoms with Crippen molar-refractivity contribution in [2.75, 3.05) is 27.3 Å². The number of carbonyl (C=O) groups is 1. The number of likely N-dealkylation sites (tertiary alicyclic amines) is 1. The van der Waals surface area contributed by atoms with Crippen LogP contribution in [0.1, 0.15) is 30.0 Å². The van der Waals surface area contributed by atoms with E-state index in [1.54, 1.807) is 14.2 Å². The van der Waals surface area contributed by atoms with E-state index in [9.17, 15) is 9.90 Å². The van der Waals surface area contributed by atoms with Crippen LogP contribution in [0.15, 0.2) is 46.9 Å². The number of carboxylic acids is 1. The molecule has 0 aromatic heterocycles. The maximum absolute atomic E-state index is 11.4. The lowest BCUT2D eigenvalue weighted by Crippen LogP contribution is -2.39. The number of aliphatic carboxylic acids is 1. The Balaban J connectivity index is 2.06. The summed E-state index contributed by atoms with van der Waals surface area (Å²) in [6, 6.07) is 13.9. The minimum absolute atomic E-state index is 0.0802. The summed E-state index contributed by atoms with van der Waals surface area (Å²) < 4.78 is 12.3. The van der Waals surface area contributed by atoms with Crippen molar-refractivity contribution in [2.45, 2.75) is 18.9 Å². The highest BCUT2D eigenvalue weighted by molar-refractivity contribution is 9.10. The van der Waals surface area contributed by atoms with Crippen molar-refractivity contribution in [3.05, 3.63) is 58.1 Å². The van der Waals surface area contributed by atoms with Crippen LogP contribution in [0.2, 0.25) is 0 Å². The first kappa shape index (κ1) is 19.7. The van der Waals surface area contributed by atoms with E-state index in [1.807, 2.05) is 30.3 Å². The zero-order valence-electron chi connectivity index (χ0n) is 15.5. The largest absolute Gasteiger partial charge is 0.496 e. The molecule has 27 heavy (non-hydrogen) atoms. The lowest BCUT2D eigenvalue weighted by molar-refractivity contribution is -0.143. The molecule has 2 aromatic carbocycles. The van der Waals surface area contributed by atoms with Crippen LogP contribution in [0.3, 0.4) is 0 Å². The van der Waals surface area contributed by atoms with Gasteiger partial charge in [0.1, 0.15) is 11.5 Å². The Labute approximate surface area is 168 Å². The van der Waals surface area contributed by atoms with Crippen LogP contribution < -0.4 is 9.47 Å². The van der Waals surface area contributed by atoms with E-state index in [0.29, 0.717) is 25.9 Å². The lowest BCUT2D eigenvalue weighted by atomic mass is 9.90. The predicted octanol–water partition coefficient (Wildman–Crippen LogP) is 4.35. The monoisotopic (exact) mass is 433 g/mol. The molecule has 0 radical (unpaired) electrons. The molecule has 1 aliphatic heterocycles. The predicted molar refractivity (Wildman–Crippen MR) is 107 cm³/mol. The van der Waals surface area contributed by atoms with E-state index in [1.165, 1.54) is 0 Å². The van der Waals surface area contributed by atoms with Gasteiger partial charge in [0, 0.05) is 4.47 Å². The van der Waals surface area contributed by atoms with Gasteiger partial charge in [-0.3, -0.25) is 9.69 Å². The Hall–Kier alpha value is -2.05. The van der Waals surface area contributed by atoms with Crippen LogP contribution in [-0.2, 0) is 4.79 Å². The van der Waals surface area contributed by atoms with Crippen LogP contribution in [0.4, 0.5) is 0 Å². The molecule has 0 aliphatic carbocycles. The summed E-state index contributed by atoms with van der Waals surface area (Å²) in [5.74, 6) is 0.548. The smallest absolute Gasteiger partial charge is 0.306 e. The molecule has 0 saturated carbocycles. The van der Waals surface area contributed by atoms with Crippen LogP contribution in [0.5, 0.6) is 11.5 Å². The number of benzene rings is 2. The number of ether oxygens (including phenoxy) is 2. The molecular formula is C21H24BrNO4. The molecular weight excluding hydrogens is 410 g/mol. The van der Waals surface area contributed by atoms with Crippen LogP contribution in [-0.4, -0.2) is 43.3 Å². The van der Waals surface area contributed by atoms with Crippen molar-refractivity contribution in [3.63, 3.8) is 0 Å². The highest BCUT2D eigenvalue weighted by Crippen LogP contribution is 2.42. The van der Waals surface area contributed by atoms with Gasteiger partial charge in [-0.2, -0.15) is 0 Å². The molecule has 5 nitrogen and oxygen atoms in total. The number of methoxy groups -OCH3 is 2. The number of rotatable bonds is 6. The Morgan fingerprint density at radius 1 is 1.11 bits per heavy atom. The summed E-state index contributed by atoms with van der Waals surface area (Å²) in [4.78, 5) is 13.7. The average molecular weight is 434 g/mol. The Morgan fingerprint density at radius 3 is 2.22 bits per heavy atom. The van der Waals surface area contributed by atoms with Gasteiger partial charge in [0.15, 0.2) is 0 Å². The van der Waals surface area contributed by atoms with Crippen molar-refractivity contribution in [2.24, 2.45) is 5.92 Å². The molecule has 2 aromatic rings. The molecule has 1 fully saturated rings. The van der Waals surface area contributed by atoms with E-state index < -0.39 is 5.97 Å². The van der Waals surface area contributed by atoms with Gasteiger partial charge in [0.2, 0.25) is 0 Å². The SMILES string of the molecule is COc1cccc(OC)c1C(c1cccc(Br)c1)N1CCC(C(=O)O)CC1. The fourth-order valence-corrected chi connectivity index (χ4v) is 4.21. The maximum atomic E-state index is 11.4. The minimum Gasteiger partial charge on any atom is -0.496 e. The van der Waals surface area contributed by atoms with E-state index in [4.69, 9.17) is 9.47 Å². The first-order chi connectivity index (χ1) is 13.0. The van der Waals surface area contributed by atoms with E-state index in [-0.39, 0.29) is 12.0 Å². The standard InChI is InChI=1S/C21H24BrNO4/c1-26-17-7-4-8-18(27-2)19(17)20(15-5-3-6-16(22)13-15)23-11-9-14(10-12-23)21(24)25/h3-8,13-14,20H,9-12H2,1-2H3,(H,24,25). The summed E-state index contributed by atoms with van der Waals surface area (Å²) in [7, 11) is 3.32. The zero-order valence-corrected chi connectivity index (χ0v) is 17.1. The number of hydrogen-bond acceptors (Lipinski definition) is 4. The van der Waals surface area contributed by atoms with Crippen molar-refractivity contribution in [1.82, 2.24) is 4.90 Å². The molecule has 1 saturated heterocycles. The molecule has 1 atom stereocenters. The summed E-state index contributed by atoms with van der Waals surface area (Å²) in [6.45, 7) is 1.41. The first-order valence-electron chi connectivity index (χ1n) is 8.98. The number of nitrogens with zero attached hydrogens (tertiary/aromatic N) is 1. The molecule has 144 valence electrons. The number of hydrogen-bond donors (Lipinski definition) is 1. The van der Waals surface area contributed by atoms with Crippen molar-refractivity contribution in [1.29, 1.82) is 0 Å². The summed E-state index contributed by atoms with van der Waals surface area (Å²) in [6.07, 6.45) is 1.27. The van der Waals surface area contributed by atoms with E-state index >= 15 is 0 Å². The fourth-order valence-electron chi connectivity index (χ4n) is 3.79. The Morgan fingerprint density at radius 2 is 1.70 bits per heavy atom. The number of carboxylic acid groups (broad SMARTS) is 1. The van der Waals surface area contributed by atoms with Gasteiger partial charge in [0.05, 0.1) is 31.7 Å². The van der Waals surface area contributed by atoms with Crippen molar-refractivity contribution >= 4 is 21.9 Å². The summed E-state index contributed by atoms with van der Waals surface area (Å²) in [5.41, 5.74) is 2.08. The topological polar surface area (TPSA) is 59.0 Å². The average Bonchev–Trinajstić information content (AvgIpc) is 2.68. The van der Waals surface area contributed by atoms with Gasteiger partial charge in [-0.1, -0.05) is 34.1 Å². The van der Waals surface area contributed by atoms with Crippen LogP contribution in [0.25, 0.3) is 0 Å². The van der Waals surface area contributed by atoms with Gasteiger partial charge in [-0.25, -0.2) is 0 Å². The first-order valence-corrected chi connectivity index (χ1v) is 9.77.